The molecule has 0 radical (unpaired) electrons. The molecular formula is C17H24N2O2. The number of hydrogen-bond acceptors (Lipinski definition) is 3. The van der Waals surface area contributed by atoms with Crippen LogP contribution >= 0.6 is 0 Å². The molecule has 0 atom stereocenters. The van der Waals surface area contributed by atoms with Crippen LogP contribution in [0.5, 0.6) is 0 Å². The minimum atomic E-state index is 0.0719. The van der Waals surface area contributed by atoms with Crippen LogP contribution in [0.3, 0.4) is 0 Å². The van der Waals surface area contributed by atoms with E-state index in [0.717, 1.165) is 69.7 Å². The number of hydrogen-bond donors (Lipinski definition) is 2. The fourth-order valence-corrected chi connectivity index (χ4v) is 3.24. The topological polar surface area (TPSA) is 50.4 Å². The van der Waals surface area contributed by atoms with Gasteiger partial charge in [-0.05, 0) is 55.7 Å². The van der Waals surface area contributed by atoms with Gasteiger partial charge in [-0.2, -0.15) is 0 Å². The van der Waals surface area contributed by atoms with Crippen molar-refractivity contribution < 1.29 is 9.53 Å². The van der Waals surface area contributed by atoms with E-state index >= 15 is 0 Å². The fraction of sp³-hybridized carbons (Fsp3) is 0.588. The second kappa shape index (κ2) is 6.94. The van der Waals surface area contributed by atoms with Gasteiger partial charge in [-0.15, -0.1) is 0 Å². The van der Waals surface area contributed by atoms with Crippen LogP contribution < -0.4 is 10.6 Å². The Kier molecular flexibility index (Phi) is 4.76. The number of nitrogens with one attached hydrogen (secondary N) is 2. The molecule has 0 aliphatic carbocycles. The monoisotopic (exact) mass is 288 g/mol. The van der Waals surface area contributed by atoms with Gasteiger partial charge in [-0.25, -0.2) is 0 Å². The Morgan fingerprint density at radius 3 is 3.05 bits per heavy atom. The first-order valence-corrected chi connectivity index (χ1v) is 8.06. The van der Waals surface area contributed by atoms with Crippen LogP contribution in [0.2, 0.25) is 0 Å². The minimum absolute atomic E-state index is 0.0719. The van der Waals surface area contributed by atoms with Crippen molar-refractivity contribution in [2.75, 3.05) is 31.6 Å². The average molecular weight is 288 g/mol. The molecule has 0 aromatic heterocycles. The molecule has 2 aliphatic rings. The smallest absolute Gasteiger partial charge is 0.251 e. The highest BCUT2D eigenvalue weighted by atomic mass is 16.5. The van der Waals surface area contributed by atoms with Crippen LogP contribution in [0.25, 0.3) is 0 Å². The van der Waals surface area contributed by atoms with Crippen LogP contribution in [0.15, 0.2) is 18.2 Å². The van der Waals surface area contributed by atoms with Crippen LogP contribution in [0.1, 0.15) is 41.6 Å². The summed E-state index contributed by atoms with van der Waals surface area (Å²) in [6.07, 6.45) is 5.40. The van der Waals surface area contributed by atoms with Crippen LogP contribution in [0, 0.1) is 5.92 Å². The molecule has 1 fully saturated rings. The average Bonchev–Trinajstić information content (AvgIpc) is 2.55. The molecule has 0 bridgehead atoms. The third-order valence-corrected chi connectivity index (χ3v) is 4.52. The lowest BCUT2D eigenvalue weighted by molar-refractivity contribution is 0.0636. The number of anilines is 1. The van der Waals surface area contributed by atoms with Gasteiger partial charge in [0.25, 0.3) is 5.91 Å². The molecule has 0 saturated carbocycles. The van der Waals surface area contributed by atoms with Gasteiger partial charge in [-0.3, -0.25) is 4.79 Å². The van der Waals surface area contributed by atoms with E-state index in [1.807, 2.05) is 12.1 Å². The van der Waals surface area contributed by atoms with Gasteiger partial charge in [0, 0.05) is 37.6 Å². The summed E-state index contributed by atoms with van der Waals surface area (Å²) in [4.78, 5) is 12.4. The van der Waals surface area contributed by atoms with E-state index in [1.54, 1.807) is 0 Å². The van der Waals surface area contributed by atoms with E-state index in [-0.39, 0.29) is 5.91 Å². The highest BCUT2D eigenvalue weighted by Crippen LogP contribution is 2.25. The molecule has 1 amide bonds. The maximum absolute atomic E-state index is 12.4. The maximum Gasteiger partial charge on any atom is 0.251 e. The van der Waals surface area contributed by atoms with Gasteiger partial charge in [0.2, 0.25) is 0 Å². The van der Waals surface area contributed by atoms with Crippen molar-refractivity contribution in [2.24, 2.45) is 5.92 Å². The van der Waals surface area contributed by atoms with Crippen molar-refractivity contribution in [1.29, 1.82) is 0 Å². The van der Waals surface area contributed by atoms with Crippen LogP contribution in [-0.4, -0.2) is 32.2 Å². The number of benzene rings is 1. The highest BCUT2D eigenvalue weighted by Gasteiger charge is 2.18. The van der Waals surface area contributed by atoms with Crippen molar-refractivity contribution in [3.63, 3.8) is 0 Å². The zero-order valence-corrected chi connectivity index (χ0v) is 12.5. The Morgan fingerprint density at radius 2 is 2.19 bits per heavy atom. The number of fused-ring (bicyclic) bond motifs is 1. The molecule has 1 saturated heterocycles. The summed E-state index contributed by atoms with van der Waals surface area (Å²) in [5, 5.41) is 6.46. The van der Waals surface area contributed by atoms with Gasteiger partial charge < -0.3 is 15.4 Å². The van der Waals surface area contributed by atoms with Gasteiger partial charge >= 0.3 is 0 Å². The third-order valence-electron chi connectivity index (χ3n) is 4.52. The lowest BCUT2D eigenvalue weighted by atomic mass is 9.96. The van der Waals surface area contributed by atoms with Crippen LogP contribution in [0.4, 0.5) is 5.69 Å². The van der Waals surface area contributed by atoms with E-state index in [1.165, 1.54) is 5.56 Å². The first-order valence-electron chi connectivity index (χ1n) is 8.06. The van der Waals surface area contributed by atoms with Crippen molar-refractivity contribution in [2.45, 2.75) is 32.1 Å². The standard InChI is InChI=1S/C17H24N2O2/c20-17(19-10-6-13-7-11-21-12-8-13)15-3-1-5-16-14(15)4-2-9-18-16/h1,3,5,13,18H,2,4,6-12H2,(H,19,20). The predicted molar refractivity (Wildman–Crippen MR) is 83.7 cm³/mol. The summed E-state index contributed by atoms with van der Waals surface area (Å²) in [5.74, 6) is 0.771. The Labute approximate surface area is 126 Å². The highest BCUT2D eigenvalue weighted by molar-refractivity contribution is 5.97. The van der Waals surface area contributed by atoms with Gasteiger partial charge in [0.05, 0.1) is 0 Å². The minimum Gasteiger partial charge on any atom is -0.385 e. The molecule has 0 unspecified atom stereocenters. The molecule has 2 N–H and O–H groups in total. The van der Waals surface area contributed by atoms with E-state index < -0.39 is 0 Å². The lowest BCUT2D eigenvalue weighted by Crippen LogP contribution is -2.29. The summed E-state index contributed by atoms with van der Waals surface area (Å²) in [5.41, 5.74) is 3.14. The zero-order chi connectivity index (χ0) is 14.5. The van der Waals surface area contributed by atoms with Crippen molar-refractivity contribution >= 4 is 11.6 Å². The van der Waals surface area contributed by atoms with E-state index in [2.05, 4.69) is 16.7 Å². The molecule has 0 spiro atoms. The SMILES string of the molecule is O=C(NCCC1CCOCC1)c1cccc2c1CCCN2. The first kappa shape index (κ1) is 14.4. The Balaban J connectivity index is 1.55. The van der Waals surface area contributed by atoms with E-state index in [0.29, 0.717) is 5.92 Å². The molecule has 21 heavy (non-hydrogen) atoms. The Bertz CT molecular complexity index is 496. The fourth-order valence-electron chi connectivity index (χ4n) is 3.24. The van der Waals surface area contributed by atoms with Crippen molar-refractivity contribution in [3.8, 4) is 0 Å². The lowest BCUT2D eigenvalue weighted by Gasteiger charge is -2.23. The molecular weight excluding hydrogens is 264 g/mol. The van der Waals surface area contributed by atoms with Gasteiger partial charge in [-0.1, -0.05) is 6.07 Å². The van der Waals surface area contributed by atoms with Gasteiger partial charge in [0.15, 0.2) is 0 Å². The molecule has 3 rings (SSSR count). The summed E-state index contributed by atoms with van der Waals surface area (Å²) < 4.78 is 5.36. The third kappa shape index (κ3) is 3.56. The summed E-state index contributed by atoms with van der Waals surface area (Å²) in [6, 6.07) is 5.97. The number of rotatable bonds is 4. The second-order valence-electron chi connectivity index (χ2n) is 5.96. The van der Waals surface area contributed by atoms with Gasteiger partial charge in [0.1, 0.15) is 0 Å². The molecule has 1 aromatic rings. The first-order chi connectivity index (χ1) is 10.3. The number of amides is 1. The number of ether oxygens (including phenoxy) is 1. The predicted octanol–water partition coefficient (Wildman–Crippen LogP) is 2.59. The second-order valence-corrected chi connectivity index (χ2v) is 5.96. The molecule has 2 aliphatic heterocycles. The number of carbonyl (C=O) groups is 1. The molecule has 114 valence electrons. The maximum atomic E-state index is 12.4. The quantitative estimate of drug-likeness (QED) is 0.895. The van der Waals surface area contributed by atoms with Crippen molar-refractivity contribution in [1.82, 2.24) is 5.32 Å². The normalized spacial score (nSPS) is 18.7. The van der Waals surface area contributed by atoms with E-state index in [4.69, 9.17) is 4.74 Å². The zero-order valence-electron chi connectivity index (χ0n) is 12.5. The summed E-state index contributed by atoms with van der Waals surface area (Å²) >= 11 is 0. The molecule has 4 nitrogen and oxygen atoms in total. The van der Waals surface area contributed by atoms with E-state index in [9.17, 15) is 4.79 Å². The summed E-state index contributed by atoms with van der Waals surface area (Å²) in [7, 11) is 0. The molecule has 4 heteroatoms. The Hall–Kier alpha value is -1.55. The largest absolute Gasteiger partial charge is 0.385 e. The van der Waals surface area contributed by atoms with Crippen molar-refractivity contribution in [3.05, 3.63) is 29.3 Å². The van der Waals surface area contributed by atoms with Crippen LogP contribution in [-0.2, 0) is 11.2 Å². The number of carbonyl (C=O) groups excluding carboxylic acids is 1. The summed E-state index contributed by atoms with van der Waals surface area (Å²) in [6.45, 7) is 3.51. The Morgan fingerprint density at radius 1 is 1.33 bits per heavy atom. The molecule has 2 heterocycles. The molecule has 1 aromatic carbocycles.